The van der Waals surface area contributed by atoms with Crippen molar-refractivity contribution in [2.75, 3.05) is 13.1 Å². The Morgan fingerprint density at radius 2 is 2.08 bits per heavy atom. The first kappa shape index (κ1) is 8.55. The lowest BCUT2D eigenvalue weighted by Crippen LogP contribution is -2.49. The molecule has 1 saturated heterocycles. The zero-order chi connectivity index (χ0) is 8.60. The average Bonchev–Trinajstić information content (AvgIpc) is 2.02. The number of hydrogen-bond donors (Lipinski definition) is 1. The van der Waals surface area contributed by atoms with Crippen LogP contribution in [0.4, 0.5) is 0 Å². The zero-order valence-corrected chi connectivity index (χ0v) is 8.40. The second-order valence-corrected chi connectivity index (χ2v) is 5.19. The van der Waals surface area contributed by atoms with Crippen LogP contribution in [0.5, 0.6) is 0 Å². The van der Waals surface area contributed by atoms with Crippen molar-refractivity contribution < 1.29 is 0 Å². The van der Waals surface area contributed by atoms with E-state index in [0.29, 0.717) is 0 Å². The summed E-state index contributed by atoms with van der Waals surface area (Å²) in [5, 5.41) is 3.61. The van der Waals surface area contributed by atoms with Crippen LogP contribution in [-0.2, 0) is 0 Å². The fourth-order valence-electron chi connectivity index (χ4n) is 2.75. The van der Waals surface area contributed by atoms with Gasteiger partial charge in [0, 0.05) is 6.54 Å². The fourth-order valence-corrected chi connectivity index (χ4v) is 2.75. The van der Waals surface area contributed by atoms with Crippen molar-refractivity contribution in [3.8, 4) is 0 Å². The van der Waals surface area contributed by atoms with Gasteiger partial charge in [0.05, 0.1) is 0 Å². The molecule has 1 heteroatoms. The molecule has 0 aromatic rings. The Morgan fingerprint density at radius 1 is 1.33 bits per heavy atom. The molecule has 1 heterocycles. The van der Waals surface area contributed by atoms with Crippen molar-refractivity contribution in [3.05, 3.63) is 0 Å². The van der Waals surface area contributed by atoms with Crippen molar-refractivity contribution in [1.82, 2.24) is 5.32 Å². The molecule has 2 rings (SSSR count). The van der Waals surface area contributed by atoms with Crippen LogP contribution in [0, 0.1) is 17.3 Å². The minimum Gasteiger partial charge on any atom is -0.316 e. The molecule has 1 atom stereocenters. The van der Waals surface area contributed by atoms with E-state index >= 15 is 0 Å². The summed E-state index contributed by atoms with van der Waals surface area (Å²) in [6.45, 7) is 7.30. The molecule has 0 radical (unpaired) electrons. The first-order valence-electron chi connectivity index (χ1n) is 5.43. The van der Waals surface area contributed by atoms with Gasteiger partial charge in [-0.3, -0.25) is 0 Å². The van der Waals surface area contributed by atoms with Gasteiger partial charge >= 0.3 is 0 Å². The van der Waals surface area contributed by atoms with E-state index in [0.717, 1.165) is 17.3 Å². The Balaban J connectivity index is 1.94. The standard InChI is InChI=1S/C11H21N/c1-9(2)10-6-11(4-3-5-11)8-12-7-10/h9-10,12H,3-8H2,1-2H3/t10-/m0/s1. The Hall–Kier alpha value is -0.0400. The maximum atomic E-state index is 3.61. The van der Waals surface area contributed by atoms with Crippen LogP contribution in [0.2, 0.25) is 0 Å². The summed E-state index contributed by atoms with van der Waals surface area (Å²) in [5.74, 6) is 1.81. The van der Waals surface area contributed by atoms with Gasteiger partial charge in [-0.15, -0.1) is 0 Å². The largest absolute Gasteiger partial charge is 0.316 e. The fraction of sp³-hybridized carbons (Fsp3) is 1.00. The van der Waals surface area contributed by atoms with Gasteiger partial charge in [-0.05, 0) is 43.1 Å². The van der Waals surface area contributed by atoms with E-state index < -0.39 is 0 Å². The average molecular weight is 167 g/mol. The van der Waals surface area contributed by atoms with Crippen molar-refractivity contribution in [3.63, 3.8) is 0 Å². The quantitative estimate of drug-likeness (QED) is 0.632. The lowest BCUT2D eigenvalue weighted by Gasteiger charge is -2.49. The third kappa shape index (κ3) is 1.39. The highest BCUT2D eigenvalue weighted by Gasteiger charge is 2.41. The molecule has 1 spiro atoms. The van der Waals surface area contributed by atoms with Gasteiger partial charge in [0.25, 0.3) is 0 Å². The van der Waals surface area contributed by atoms with Crippen LogP contribution >= 0.6 is 0 Å². The molecule has 0 aromatic heterocycles. The van der Waals surface area contributed by atoms with E-state index in [-0.39, 0.29) is 0 Å². The van der Waals surface area contributed by atoms with E-state index in [4.69, 9.17) is 0 Å². The normalized spacial score (nSPS) is 33.8. The Morgan fingerprint density at radius 3 is 2.58 bits per heavy atom. The van der Waals surface area contributed by atoms with Crippen molar-refractivity contribution in [1.29, 1.82) is 0 Å². The molecule has 1 aliphatic carbocycles. The van der Waals surface area contributed by atoms with Crippen LogP contribution in [0.15, 0.2) is 0 Å². The topological polar surface area (TPSA) is 12.0 Å². The smallest absolute Gasteiger partial charge is 0.000804 e. The molecular formula is C11H21N. The summed E-state index contributed by atoms with van der Waals surface area (Å²) in [6.07, 6.45) is 5.95. The van der Waals surface area contributed by atoms with Gasteiger partial charge in [0.2, 0.25) is 0 Å². The molecule has 1 nitrogen and oxygen atoms in total. The highest BCUT2D eigenvalue weighted by Crippen LogP contribution is 2.47. The number of nitrogens with one attached hydrogen (secondary N) is 1. The predicted molar refractivity (Wildman–Crippen MR) is 52.1 cm³/mol. The first-order chi connectivity index (χ1) is 5.72. The lowest BCUT2D eigenvalue weighted by molar-refractivity contribution is 0.0485. The third-order valence-electron chi connectivity index (χ3n) is 3.96. The van der Waals surface area contributed by atoms with E-state index in [1.807, 2.05) is 0 Å². The second-order valence-electron chi connectivity index (χ2n) is 5.19. The minimum absolute atomic E-state index is 0.743. The maximum Gasteiger partial charge on any atom is 0.000804 e. The molecule has 0 aromatic carbocycles. The highest BCUT2D eigenvalue weighted by atomic mass is 14.9. The van der Waals surface area contributed by atoms with E-state index in [2.05, 4.69) is 19.2 Å². The minimum atomic E-state index is 0.743. The summed E-state index contributed by atoms with van der Waals surface area (Å²) in [4.78, 5) is 0. The SMILES string of the molecule is CC(C)[C@@H]1CNCC2(CCC2)C1. The summed E-state index contributed by atoms with van der Waals surface area (Å²) in [5.41, 5.74) is 0.743. The molecule has 12 heavy (non-hydrogen) atoms. The van der Waals surface area contributed by atoms with Crippen LogP contribution in [0.1, 0.15) is 39.5 Å². The number of hydrogen-bond acceptors (Lipinski definition) is 1. The second kappa shape index (κ2) is 3.02. The molecule has 2 aliphatic rings. The van der Waals surface area contributed by atoms with Gasteiger partial charge in [-0.1, -0.05) is 20.3 Å². The van der Waals surface area contributed by atoms with Gasteiger partial charge in [0.1, 0.15) is 0 Å². The lowest BCUT2D eigenvalue weighted by atomic mass is 9.61. The summed E-state index contributed by atoms with van der Waals surface area (Å²) >= 11 is 0. The molecule has 70 valence electrons. The van der Waals surface area contributed by atoms with Crippen LogP contribution in [0.3, 0.4) is 0 Å². The van der Waals surface area contributed by atoms with Crippen molar-refractivity contribution in [2.45, 2.75) is 39.5 Å². The third-order valence-corrected chi connectivity index (χ3v) is 3.96. The summed E-state index contributed by atoms with van der Waals surface area (Å²) in [6, 6.07) is 0. The van der Waals surface area contributed by atoms with Crippen molar-refractivity contribution >= 4 is 0 Å². The van der Waals surface area contributed by atoms with Crippen LogP contribution in [-0.4, -0.2) is 13.1 Å². The van der Waals surface area contributed by atoms with E-state index in [9.17, 15) is 0 Å². The Kier molecular flexibility index (Phi) is 2.16. The number of piperidine rings is 1. The molecule has 1 N–H and O–H groups in total. The zero-order valence-electron chi connectivity index (χ0n) is 8.40. The van der Waals surface area contributed by atoms with Gasteiger partial charge in [-0.25, -0.2) is 0 Å². The molecule has 1 aliphatic heterocycles. The molecule has 0 unspecified atom stereocenters. The highest BCUT2D eigenvalue weighted by molar-refractivity contribution is 4.95. The first-order valence-corrected chi connectivity index (χ1v) is 5.43. The van der Waals surface area contributed by atoms with E-state index in [1.54, 1.807) is 0 Å². The van der Waals surface area contributed by atoms with E-state index in [1.165, 1.54) is 38.8 Å². The van der Waals surface area contributed by atoms with Crippen molar-refractivity contribution in [2.24, 2.45) is 17.3 Å². The van der Waals surface area contributed by atoms with Gasteiger partial charge in [-0.2, -0.15) is 0 Å². The molecule has 0 amide bonds. The maximum absolute atomic E-state index is 3.61. The monoisotopic (exact) mass is 167 g/mol. The summed E-state index contributed by atoms with van der Waals surface area (Å²) < 4.78 is 0. The Labute approximate surface area is 75.9 Å². The van der Waals surface area contributed by atoms with Crippen LogP contribution in [0.25, 0.3) is 0 Å². The van der Waals surface area contributed by atoms with Gasteiger partial charge < -0.3 is 5.32 Å². The molecular weight excluding hydrogens is 146 g/mol. The van der Waals surface area contributed by atoms with Gasteiger partial charge in [0.15, 0.2) is 0 Å². The molecule has 1 saturated carbocycles. The Bertz CT molecular complexity index is 158. The molecule has 0 bridgehead atoms. The number of rotatable bonds is 1. The van der Waals surface area contributed by atoms with Crippen LogP contribution < -0.4 is 5.32 Å². The summed E-state index contributed by atoms with van der Waals surface area (Å²) in [7, 11) is 0. The molecule has 2 fully saturated rings. The predicted octanol–water partition coefficient (Wildman–Crippen LogP) is 2.42.